The van der Waals surface area contributed by atoms with Crippen molar-refractivity contribution in [1.82, 2.24) is 9.97 Å². The molecular weight excluding hydrogens is 369 g/mol. The Morgan fingerprint density at radius 3 is 2.75 bits per heavy atom. The quantitative estimate of drug-likeness (QED) is 0.542. The SMILES string of the molecule is Cc1cccnc1N1CCC(=CC#Cc2ccnc(F)c2Br)CC1. The first-order valence-electron chi connectivity index (χ1n) is 7.81. The van der Waals surface area contributed by atoms with Gasteiger partial charge in [0.25, 0.3) is 0 Å². The highest BCUT2D eigenvalue weighted by molar-refractivity contribution is 9.10. The molecular formula is C19H17BrFN3. The second-order valence-electron chi connectivity index (χ2n) is 5.67. The summed E-state index contributed by atoms with van der Waals surface area (Å²) in [7, 11) is 0. The van der Waals surface area contributed by atoms with Crippen LogP contribution in [0.3, 0.4) is 0 Å². The van der Waals surface area contributed by atoms with Crippen molar-refractivity contribution in [3.05, 3.63) is 63.8 Å². The van der Waals surface area contributed by atoms with Gasteiger partial charge in [-0.2, -0.15) is 4.39 Å². The number of allylic oxidation sites excluding steroid dienone is 1. The van der Waals surface area contributed by atoms with E-state index in [0.29, 0.717) is 10.0 Å². The van der Waals surface area contributed by atoms with Crippen LogP contribution < -0.4 is 4.90 Å². The summed E-state index contributed by atoms with van der Waals surface area (Å²) in [5.41, 5.74) is 3.13. The van der Waals surface area contributed by atoms with E-state index in [4.69, 9.17) is 0 Å². The van der Waals surface area contributed by atoms with E-state index < -0.39 is 5.95 Å². The third-order valence-corrected chi connectivity index (χ3v) is 4.77. The van der Waals surface area contributed by atoms with Crippen LogP contribution in [-0.4, -0.2) is 23.1 Å². The molecule has 122 valence electrons. The van der Waals surface area contributed by atoms with Gasteiger partial charge in [0.05, 0.1) is 4.47 Å². The molecule has 24 heavy (non-hydrogen) atoms. The lowest BCUT2D eigenvalue weighted by atomic mass is 10.0. The molecule has 0 N–H and O–H groups in total. The number of aryl methyl sites for hydroxylation is 1. The average Bonchev–Trinajstić information content (AvgIpc) is 2.60. The summed E-state index contributed by atoms with van der Waals surface area (Å²) in [6.45, 7) is 3.97. The minimum absolute atomic E-state index is 0.316. The number of piperidine rings is 1. The molecule has 1 aliphatic rings. The van der Waals surface area contributed by atoms with Gasteiger partial charge in [0.1, 0.15) is 5.82 Å². The minimum atomic E-state index is -0.534. The molecule has 1 saturated heterocycles. The highest BCUT2D eigenvalue weighted by Crippen LogP contribution is 2.23. The third-order valence-electron chi connectivity index (χ3n) is 4.02. The van der Waals surface area contributed by atoms with Gasteiger partial charge in [0.2, 0.25) is 5.95 Å². The molecule has 0 bridgehead atoms. The van der Waals surface area contributed by atoms with Crippen LogP contribution in [0, 0.1) is 24.7 Å². The largest absolute Gasteiger partial charge is 0.356 e. The Morgan fingerprint density at radius 2 is 2.00 bits per heavy atom. The maximum absolute atomic E-state index is 13.3. The molecule has 0 aromatic carbocycles. The Bertz CT molecular complexity index is 826. The molecule has 3 nitrogen and oxygen atoms in total. The van der Waals surface area contributed by atoms with Crippen LogP contribution >= 0.6 is 15.9 Å². The van der Waals surface area contributed by atoms with Crippen LogP contribution in [0.5, 0.6) is 0 Å². The predicted octanol–water partition coefficient (Wildman–Crippen LogP) is 4.26. The maximum Gasteiger partial charge on any atom is 0.228 e. The number of rotatable bonds is 1. The summed E-state index contributed by atoms with van der Waals surface area (Å²) in [5.74, 6) is 6.54. The number of halogens is 2. The molecule has 0 atom stereocenters. The number of hydrogen-bond donors (Lipinski definition) is 0. The highest BCUT2D eigenvalue weighted by Gasteiger charge is 2.16. The Labute approximate surface area is 149 Å². The van der Waals surface area contributed by atoms with E-state index >= 15 is 0 Å². The summed E-state index contributed by atoms with van der Waals surface area (Å²) in [5, 5.41) is 0. The fourth-order valence-electron chi connectivity index (χ4n) is 2.69. The fraction of sp³-hybridized carbons (Fsp3) is 0.263. The fourth-order valence-corrected chi connectivity index (χ4v) is 3.02. The van der Waals surface area contributed by atoms with E-state index in [-0.39, 0.29) is 0 Å². The molecule has 3 heterocycles. The smallest absolute Gasteiger partial charge is 0.228 e. The molecule has 0 amide bonds. The molecule has 0 spiro atoms. The van der Waals surface area contributed by atoms with Crippen molar-refractivity contribution in [2.24, 2.45) is 0 Å². The summed E-state index contributed by atoms with van der Waals surface area (Å²) in [4.78, 5) is 10.4. The lowest BCUT2D eigenvalue weighted by molar-refractivity contribution is 0.576. The lowest BCUT2D eigenvalue weighted by Crippen LogP contribution is -2.31. The van der Waals surface area contributed by atoms with Crippen molar-refractivity contribution in [1.29, 1.82) is 0 Å². The Kier molecular flexibility index (Phi) is 5.27. The van der Waals surface area contributed by atoms with E-state index in [1.165, 1.54) is 17.3 Å². The summed E-state index contributed by atoms with van der Waals surface area (Å²) >= 11 is 3.17. The van der Waals surface area contributed by atoms with Gasteiger partial charge in [-0.05, 0) is 59.5 Å². The van der Waals surface area contributed by atoms with Crippen molar-refractivity contribution in [3.8, 4) is 11.8 Å². The molecule has 0 aliphatic carbocycles. The van der Waals surface area contributed by atoms with Crippen LogP contribution in [0.1, 0.15) is 24.0 Å². The van der Waals surface area contributed by atoms with Crippen LogP contribution in [0.25, 0.3) is 0 Å². The summed E-state index contributed by atoms with van der Waals surface area (Å²) < 4.78 is 13.7. The van der Waals surface area contributed by atoms with Crippen molar-refractivity contribution in [2.75, 3.05) is 18.0 Å². The molecule has 0 saturated carbocycles. The zero-order valence-electron chi connectivity index (χ0n) is 13.4. The second kappa shape index (κ2) is 7.59. The number of aromatic nitrogens is 2. The molecule has 1 aliphatic heterocycles. The summed E-state index contributed by atoms with van der Waals surface area (Å²) in [6.07, 6.45) is 7.15. The topological polar surface area (TPSA) is 29.0 Å². The first-order valence-corrected chi connectivity index (χ1v) is 8.60. The molecule has 2 aromatic heterocycles. The monoisotopic (exact) mass is 385 g/mol. The Morgan fingerprint density at radius 1 is 1.21 bits per heavy atom. The van der Waals surface area contributed by atoms with Crippen LogP contribution in [0.2, 0.25) is 0 Å². The van der Waals surface area contributed by atoms with Crippen LogP contribution in [0.15, 0.2) is 46.7 Å². The van der Waals surface area contributed by atoms with E-state index in [2.05, 4.69) is 55.6 Å². The summed E-state index contributed by atoms with van der Waals surface area (Å²) in [6, 6.07) is 5.75. The van der Waals surface area contributed by atoms with Gasteiger partial charge in [0, 0.05) is 31.0 Å². The molecule has 3 rings (SSSR count). The maximum atomic E-state index is 13.3. The van der Waals surface area contributed by atoms with E-state index in [0.717, 1.165) is 31.7 Å². The predicted molar refractivity (Wildman–Crippen MR) is 97.3 cm³/mol. The molecule has 0 unspecified atom stereocenters. The van der Waals surface area contributed by atoms with E-state index in [1.807, 2.05) is 18.3 Å². The number of nitrogens with zero attached hydrogens (tertiary/aromatic N) is 3. The van der Waals surface area contributed by atoms with E-state index in [9.17, 15) is 4.39 Å². The second-order valence-corrected chi connectivity index (χ2v) is 6.46. The van der Waals surface area contributed by atoms with Gasteiger partial charge in [-0.1, -0.05) is 23.5 Å². The normalized spacial score (nSPS) is 14.1. The number of pyridine rings is 2. The minimum Gasteiger partial charge on any atom is -0.356 e. The number of anilines is 1. The molecule has 2 aromatic rings. The van der Waals surface area contributed by atoms with Crippen molar-refractivity contribution in [3.63, 3.8) is 0 Å². The van der Waals surface area contributed by atoms with Crippen LogP contribution in [0.4, 0.5) is 10.2 Å². The zero-order valence-corrected chi connectivity index (χ0v) is 15.0. The number of hydrogen-bond acceptors (Lipinski definition) is 3. The highest BCUT2D eigenvalue weighted by atomic mass is 79.9. The van der Waals surface area contributed by atoms with Gasteiger partial charge in [0.15, 0.2) is 0 Å². The van der Waals surface area contributed by atoms with Gasteiger partial charge >= 0.3 is 0 Å². The van der Waals surface area contributed by atoms with Crippen molar-refractivity contribution < 1.29 is 4.39 Å². The first kappa shape index (κ1) is 16.7. The van der Waals surface area contributed by atoms with Crippen molar-refractivity contribution in [2.45, 2.75) is 19.8 Å². The first-order chi connectivity index (χ1) is 11.6. The van der Waals surface area contributed by atoms with Gasteiger partial charge in [-0.3, -0.25) is 0 Å². The average molecular weight is 386 g/mol. The molecule has 5 heteroatoms. The van der Waals surface area contributed by atoms with Crippen molar-refractivity contribution >= 4 is 21.7 Å². The lowest BCUT2D eigenvalue weighted by Gasteiger charge is -2.30. The molecule has 0 radical (unpaired) electrons. The standard InChI is InChI=1S/C19H17BrFN3/c1-14-4-3-10-23-19(14)24-12-8-15(9-13-24)5-2-6-16-7-11-22-18(21)17(16)20/h3-5,7,10-11H,8-9,12-13H2,1H3. The van der Waals surface area contributed by atoms with Gasteiger partial charge in [-0.25, -0.2) is 9.97 Å². The zero-order chi connectivity index (χ0) is 16.9. The van der Waals surface area contributed by atoms with Gasteiger partial charge < -0.3 is 4.90 Å². The third kappa shape index (κ3) is 3.82. The Balaban J connectivity index is 1.65. The van der Waals surface area contributed by atoms with E-state index in [1.54, 1.807) is 6.07 Å². The Hall–Kier alpha value is -2.19. The van der Waals surface area contributed by atoms with Gasteiger partial charge in [-0.15, -0.1) is 0 Å². The van der Waals surface area contributed by atoms with Crippen LogP contribution in [-0.2, 0) is 0 Å². The molecule has 1 fully saturated rings.